The van der Waals surface area contributed by atoms with E-state index in [1.165, 1.54) is 16.2 Å². The van der Waals surface area contributed by atoms with E-state index in [-0.39, 0.29) is 11.3 Å². The number of anilines is 1. The molecule has 9 heteroatoms. The predicted molar refractivity (Wildman–Crippen MR) is 140 cm³/mol. The van der Waals surface area contributed by atoms with E-state index < -0.39 is 17.7 Å². The van der Waals surface area contributed by atoms with Gasteiger partial charge in [-0.05, 0) is 67.1 Å². The molecule has 1 N–H and O–H groups in total. The molecule has 182 valence electrons. The van der Waals surface area contributed by atoms with Gasteiger partial charge in [-0.2, -0.15) is 0 Å². The number of halogens is 1. The summed E-state index contributed by atoms with van der Waals surface area (Å²) >= 11 is 7.53. The highest BCUT2D eigenvalue weighted by Gasteiger charge is 2.48. The van der Waals surface area contributed by atoms with Crippen LogP contribution in [0.1, 0.15) is 24.1 Å². The molecule has 0 radical (unpaired) electrons. The summed E-state index contributed by atoms with van der Waals surface area (Å²) in [7, 11) is 1.57. The second-order valence-corrected chi connectivity index (χ2v) is 9.46. The van der Waals surface area contributed by atoms with Gasteiger partial charge in [-0.15, -0.1) is 0 Å². The molecule has 5 rings (SSSR count). The molecule has 3 aromatic carbocycles. The highest BCUT2D eigenvalue weighted by molar-refractivity contribution is 7.22. The smallest absolute Gasteiger partial charge is 0.301 e. The van der Waals surface area contributed by atoms with E-state index in [9.17, 15) is 14.7 Å². The van der Waals surface area contributed by atoms with Gasteiger partial charge in [0, 0.05) is 10.6 Å². The van der Waals surface area contributed by atoms with Gasteiger partial charge >= 0.3 is 5.91 Å². The van der Waals surface area contributed by atoms with Crippen molar-refractivity contribution in [1.82, 2.24) is 4.98 Å². The van der Waals surface area contributed by atoms with Crippen molar-refractivity contribution in [1.29, 1.82) is 0 Å². The minimum atomic E-state index is -0.919. The van der Waals surface area contributed by atoms with Crippen LogP contribution in [0.25, 0.3) is 16.0 Å². The number of ether oxygens (including phenoxy) is 2. The largest absolute Gasteiger partial charge is 0.507 e. The highest BCUT2D eigenvalue weighted by Crippen LogP contribution is 2.45. The summed E-state index contributed by atoms with van der Waals surface area (Å²) in [4.78, 5) is 32.7. The van der Waals surface area contributed by atoms with Crippen LogP contribution in [-0.4, -0.2) is 35.5 Å². The molecule has 1 unspecified atom stereocenters. The number of methoxy groups -OCH3 is 1. The molecule has 1 aromatic heterocycles. The zero-order valence-electron chi connectivity index (χ0n) is 19.4. The van der Waals surface area contributed by atoms with Crippen LogP contribution in [0.4, 0.5) is 5.13 Å². The molecule has 1 saturated heterocycles. The lowest BCUT2D eigenvalue weighted by Gasteiger charge is -2.23. The highest BCUT2D eigenvalue weighted by atomic mass is 35.5. The Bertz CT molecular complexity index is 1510. The Kier molecular flexibility index (Phi) is 6.38. The van der Waals surface area contributed by atoms with Crippen molar-refractivity contribution in [3.8, 4) is 11.5 Å². The maximum Gasteiger partial charge on any atom is 0.301 e. The van der Waals surface area contributed by atoms with Gasteiger partial charge in [-0.25, -0.2) is 4.98 Å². The first-order valence-corrected chi connectivity index (χ1v) is 12.3. The first-order valence-electron chi connectivity index (χ1n) is 11.2. The predicted octanol–water partition coefficient (Wildman–Crippen LogP) is 5.98. The monoisotopic (exact) mass is 520 g/mol. The first kappa shape index (κ1) is 23.8. The molecule has 4 aromatic rings. The topological polar surface area (TPSA) is 89.0 Å². The normalized spacial score (nSPS) is 17.1. The fourth-order valence-corrected chi connectivity index (χ4v) is 5.40. The third kappa shape index (κ3) is 4.19. The molecular formula is C27H21ClN2O5S. The summed E-state index contributed by atoms with van der Waals surface area (Å²) in [6.45, 7) is 2.37. The quantitative estimate of drug-likeness (QED) is 0.191. The first-order chi connectivity index (χ1) is 17.4. The molecule has 0 saturated carbocycles. The Labute approximate surface area is 216 Å². The second-order valence-electron chi connectivity index (χ2n) is 8.01. The number of thiazole rings is 1. The van der Waals surface area contributed by atoms with E-state index >= 15 is 0 Å². The number of nitrogens with zero attached hydrogens (tertiary/aromatic N) is 2. The van der Waals surface area contributed by atoms with Crippen molar-refractivity contribution in [2.45, 2.75) is 13.0 Å². The zero-order valence-corrected chi connectivity index (χ0v) is 21.0. The molecule has 1 atom stereocenters. The molecule has 1 amide bonds. The molecule has 1 fully saturated rings. The maximum absolute atomic E-state index is 13.4. The van der Waals surface area contributed by atoms with Crippen LogP contribution in [0.2, 0.25) is 5.02 Å². The average Bonchev–Trinajstić information content (AvgIpc) is 3.42. The minimum absolute atomic E-state index is 0.0386. The van der Waals surface area contributed by atoms with Gasteiger partial charge in [0.15, 0.2) is 5.13 Å². The maximum atomic E-state index is 13.4. The SMILES string of the molecule is CCOc1ccc(/C(O)=C2\C(=O)C(=O)N(c3nc4ccc(OC)cc4s3)C2c2cccc(Cl)c2)cc1. The Hall–Kier alpha value is -3.88. The van der Waals surface area contributed by atoms with Crippen molar-refractivity contribution in [3.05, 3.63) is 88.5 Å². The number of hydrogen-bond donors (Lipinski definition) is 1. The summed E-state index contributed by atoms with van der Waals surface area (Å²) in [5.74, 6) is -0.583. The van der Waals surface area contributed by atoms with E-state index in [4.69, 9.17) is 21.1 Å². The number of carbonyl (C=O) groups is 2. The number of aliphatic hydroxyl groups excluding tert-OH is 1. The number of benzene rings is 3. The van der Waals surface area contributed by atoms with Crippen LogP contribution in [0.15, 0.2) is 72.3 Å². The number of aromatic nitrogens is 1. The van der Waals surface area contributed by atoms with Crippen LogP contribution in [0, 0.1) is 0 Å². The number of Topliss-reactive ketones (excluding diaryl/α,β-unsaturated/α-hetero) is 1. The molecule has 0 aliphatic carbocycles. The number of aliphatic hydroxyl groups is 1. The van der Waals surface area contributed by atoms with Crippen LogP contribution >= 0.6 is 22.9 Å². The van der Waals surface area contributed by atoms with Gasteiger partial charge in [0.25, 0.3) is 5.78 Å². The number of ketones is 1. The van der Waals surface area contributed by atoms with Crippen molar-refractivity contribution in [2.24, 2.45) is 0 Å². The van der Waals surface area contributed by atoms with Gasteiger partial charge in [0.1, 0.15) is 17.3 Å². The summed E-state index contributed by atoms with van der Waals surface area (Å²) < 4.78 is 11.6. The number of amides is 1. The molecule has 1 aliphatic rings. The van der Waals surface area contributed by atoms with E-state index in [1.807, 2.05) is 13.0 Å². The van der Waals surface area contributed by atoms with Crippen molar-refractivity contribution < 1.29 is 24.2 Å². The standard InChI is InChI=1S/C27H21ClN2O5S/c1-3-35-18-9-7-15(8-10-18)24(31)22-23(16-5-4-6-17(28)13-16)30(26(33)25(22)32)27-29-20-12-11-19(34-2)14-21(20)36-27/h4-14,23,31H,3H2,1-2H3/b24-22+. The average molecular weight is 521 g/mol. The Morgan fingerprint density at radius 3 is 2.53 bits per heavy atom. The van der Waals surface area contributed by atoms with Crippen molar-refractivity contribution >= 4 is 55.7 Å². The summed E-state index contributed by atoms with van der Waals surface area (Å²) in [6.07, 6.45) is 0. The molecule has 7 nitrogen and oxygen atoms in total. The van der Waals surface area contributed by atoms with Gasteiger partial charge in [0.2, 0.25) is 0 Å². The number of carbonyl (C=O) groups excluding carboxylic acids is 2. The van der Waals surface area contributed by atoms with Crippen LogP contribution in [0.5, 0.6) is 11.5 Å². The van der Waals surface area contributed by atoms with E-state index in [2.05, 4.69) is 4.98 Å². The van der Waals surface area contributed by atoms with E-state index in [1.54, 1.807) is 67.8 Å². The second kappa shape index (κ2) is 9.64. The van der Waals surface area contributed by atoms with Crippen LogP contribution in [0.3, 0.4) is 0 Å². The lowest BCUT2D eigenvalue weighted by Crippen LogP contribution is -2.29. The molecule has 0 spiro atoms. The number of rotatable bonds is 6. The summed E-state index contributed by atoms with van der Waals surface area (Å²) in [6, 6.07) is 18.0. The van der Waals surface area contributed by atoms with Crippen molar-refractivity contribution in [2.75, 3.05) is 18.6 Å². The van der Waals surface area contributed by atoms with Crippen molar-refractivity contribution in [3.63, 3.8) is 0 Å². The van der Waals surface area contributed by atoms with Gasteiger partial charge in [0.05, 0.1) is 35.5 Å². The third-order valence-electron chi connectivity index (χ3n) is 5.84. The Morgan fingerprint density at radius 1 is 1.08 bits per heavy atom. The van der Waals surface area contributed by atoms with E-state index in [0.717, 1.165) is 4.70 Å². The zero-order chi connectivity index (χ0) is 25.4. The molecule has 36 heavy (non-hydrogen) atoms. The molecular weight excluding hydrogens is 500 g/mol. The summed E-state index contributed by atoms with van der Waals surface area (Å²) in [5, 5.41) is 12.0. The van der Waals surface area contributed by atoms with Gasteiger partial charge < -0.3 is 14.6 Å². The Balaban J connectivity index is 1.68. The third-order valence-corrected chi connectivity index (χ3v) is 7.09. The minimum Gasteiger partial charge on any atom is -0.507 e. The van der Waals surface area contributed by atoms with E-state index in [0.29, 0.717) is 44.9 Å². The number of fused-ring (bicyclic) bond motifs is 1. The lowest BCUT2D eigenvalue weighted by molar-refractivity contribution is -0.132. The van der Waals surface area contributed by atoms with Crippen LogP contribution < -0.4 is 14.4 Å². The fraction of sp³-hybridized carbons (Fsp3) is 0.148. The van der Waals surface area contributed by atoms with Crippen LogP contribution in [-0.2, 0) is 9.59 Å². The molecule has 1 aliphatic heterocycles. The van der Waals surface area contributed by atoms with Gasteiger partial charge in [-0.3, -0.25) is 14.5 Å². The lowest BCUT2D eigenvalue weighted by atomic mass is 9.95. The Morgan fingerprint density at radius 2 is 1.83 bits per heavy atom. The summed E-state index contributed by atoms with van der Waals surface area (Å²) in [5.41, 5.74) is 1.58. The fourth-order valence-electron chi connectivity index (χ4n) is 4.18. The number of hydrogen-bond acceptors (Lipinski definition) is 7. The van der Waals surface area contributed by atoms with Gasteiger partial charge in [-0.1, -0.05) is 35.1 Å². The molecule has 0 bridgehead atoms. The molecule has 2 heterocycles.